The van der Waals surface area contributed by atoms with E-state index in [0.717, 1.165) is 19.3 Å². The molecule has 0 atom stereocenters. The first-order chi connectivity index (χ1) is 5.34. The Hall–Kier alpha value is -0.330. The van der Waals surface area contributed by atoms with Gasteiger partial charge in [-0.15, -0.1) is 0 Å². The molecule has 0 amide bonds. The molecule has 0 radical (unpaired) electrons. The molecule has 11 heavy (non-hydrogen) atoms. The van der Waals surface area contributed by atoms with Crippen LogP contribution in [0.3, 0.4) is 0 Å². The van der Waals surface area contributed by atoms with E-state index < -0.39 is 0 Å². The predicted molar refractivity (Wildman–Crippen MR) is 48.6 cm³/mol. The third-order valence-electron chi connectivity index (χ3n) is 2.66. The van der Waals surface area contributed by atoms with E-state index in [1.165, 1.54) is 25.7 Å². The Kier molecular flexibility index (Phi) is 3.61. The molecule has 0 heterocycles. The number of rotatable bonds is 2. The zero-order valence-electron chi connectivity index (χ0n) is 7.44. The molecule has 0 N–H and O–H groups in total. The van der Waals surface area contributed by atoms with E-state index in [0.29, 0.717) is 11.7 Å². The molecule has 1 nitrogen and oxygen atoms in total. The molecule has 1 fully saturated rings. The lowest BCUT2D eigenvalue weighted by Crippen LogP contribution is -2.11. The number of ketones is 1. The van der Waals surface area contributed by atoms with Crippen LogP contribution in [0.5, 0.6) is 0 Å². The molecule has 0 bridgehead atoms. The molecule has 66 valence electrons. The van der Waals surface area contributed by atoms with Crippen LogP contribution in [0.25, 0.3) is 0 Å². The average Bonchev–Trinajstić information content (AvgIpc) is 2.30. The van der Waals surface area contributed by atoms with Crippen LogP contribution in [-0.4, -0.2) is 5.78 Å². The average molecular weight is 156 g/mol. The van der Waals surface area contributed by atoms with Crippen molar-refractivity contribution in [3.63, 3.8) is 0 Å². The highest BCUT2D eigenvalue weighted by atomic mass is 16.1. The quantitative estimate of drug-likeness (QED) is 0.561. The van der Waals surface area contributed by atoms with Gasteiger partial charge in [0.25, 0.3) is 0 Å². The van der Waals surface area contributed by atoms with E-state index in [-0.39, 0.29) is 1.43 Å². The van der Waals surface area contributed by atoms with Gasteiger partial charge in [-0.2, -0.15) is 0 Å². The van der Waals surface area contributed by atoms with Gasteiger partial charge in [-0.1, -0.05) is 32.6 Å². The Morgan fingerprint density at radius 1 is 1.27 bits per heavy atom. The van der Waals surface area contributed by atoms with Gasteiger partial charge in [0.1, 0.15) is 5.78 Å². The first-order valence-electron chi connectivity index (χ1n) is 4.87. The van der Waals surface area contributed by atoms with Gasteiger partial charge in [0, 0.05) is 13.8 Å². The standard InChI is InChI=1S/C10H18O.H2/c1-2-10(11)9-7-5-3-4-6-8-9;/h9H,2-8H2,1H3;1H. The highest BCUT2D eigenvalue weighted by Gasteiger charge is 2.17. The summed E-state index contributed by atoms with van der Waals surface area (Å²) in [6.45, 7) is 1.98. The van der Waals surface area contributed by atoms with Crippen LogP contribution in [0, 0.1) is 5.92 Å². The fraction of sp³-hybridized carbons (Fsp3) is 0.900. The maximum absolute atomic E-state index is 11.3. The predicted octanol–water partition coefficient (Wildman–Crippen LogP) is 3.18. The van der Waals surface area contributed by atoms with Gasteiger partial charge in [-0.25, -0.2) is 0 Å². The lowest BCUT2D eigenvalue weighted by Gasteiger charge is -2.09. The molecule has 0 spiro atoms. The zero-order chi connectivity index (χ0) is 8.10. The maximum atomic E-state index is 11.3. The Morgan fingerprint density at radius 2 is 1.82 bits per heavy atom. The van der Waals surface area contributed by atoms with E-state index >= 15 is 0 Å². The van der Waals surface area contributed by atoms with Crippen molar-refractivity contribution >= 4 is 5.78 Å². The maximum Gasteiger partial charge on any atom is 0.135 e. The number of hydrogen-bond acceptors (Lipinski definition) is 1. The first kappa shape index (κ1) is 8.76. The summed E-state index contributed by atoms with van der Waals surface area (Å²) in [6.07, 6.45) is 8.29. The van der Waals surface area contributed by atoms with E-state index in [1.54, 1.807) is 0 Å². The topological polar surface area (TPSA) is 17.1 Å². The second kappa shape index (κ2) is 4.53. The van der Waals surface area contributed by atoms with Crippen molar-refractivity contribution in [3.05, 3.63) is 0 Å². The molecule has 0 aliphatic heterocycles. The largest absolute Gasteiger partial charge is 0.299 e. The van der Waals surface area contributed by atoms with E-state index in [1.807, 2.05) is 6.92 Å². The monoisotopic (exact) mass is 156 g/mol. The summed E-state index contributed by atoms with van der Waals surface area (Å²) in [7, 11) is 0. The van der Waals surface area contributed by atoms with Crippen molar-refractivity contribution in [2.24, 2.45) is 5.92 Å². The Morgan fingerprint density at radius 3 is 2.27 bits per heavy atom. The third kappa shape index (κ3) is 2.64. The molecule has 1 rings (SSSR count). The summed E-state index contributed by atoms with van der Waals surface area (Å²) >= 11 is 0. The summed E-state index contributed by atoms with van der Waals surface area (Å²) < 4.78 is 0. The van der Waals surface area contributed by atoms with Crippen LogP contribution in [0.15, 0.2) is 0 Å². The van der Waals surface area contributed by atoms with Crippen molar-refractivity contribution in [3.8, 4) is 0 Å². The lowest BCUT2D eigenvalue weighted by atomic mass is 9.94. The molecular formula is C10H20O. The van der Waals surface area contributed by atoms with Gasteiger partial charge < -0.3 is 0 Å². The van der Waals surface area contributed by atoms with Crippen LogP contribution in [-0.2, 0) is 4.79 Å². The van der Waals surface area contributed by atoms with Crippen LogP contribution >= 0.6 is 0 Å². The van der Waals surface area contributed by atoms with Crippen molar-refractivity contribution in [2.75, 3.05) is 0 Å². The minimum Gasteiger partial charge on any atom is -0.299 e. The van der Waals surface area contributed by atoms with E-state index in [4.69, 9.17) is 0 Å². The molecule has 0 aromatic heterocycles. The number of Topliss-reactive ketones (excluding diaryl/α,β-unsaturated/α-hetero) is 1. The van der Waals surface area contributed by atoms with Crippen molar-refractivity contribution < 1.29 is 6.22 Å². The Bertz CT molecular complexity index is 126. The van der Waals surface area contributed by atoms with Crippen molar-refractivity contribution in [2.45, 2.75) is 51.9 Å². The molecule has 1 saturated carbocycles. The fourth-order valence-corrected chi connectivity index (χ4v) is 1.89. The Labute approximate surface area is 70.7 Å². The highest BCUT2D eigenvalue weighted by Crippen LogP contribution is 2.24. The summed E-state index contributed by atoms with van der Waals surface area (Å²) in [6, 6.07) is 0. The lowest BCUT2D eigenvalue weighted by molar-refractivity contribution is -0.122. The van der Waals surface area contributed by atoms with Crippen molar-refractivity contribution in [1.29, 1.82) is 0 Å². The van der Waals surface area contributed by atoms with E-state index in [2.05, 4.69) is 0 Å². The summed E-state index contributed by atoms with van der Waals surface area (Å²) in [5, 5.41) is 0. The minimum atomic E-state index is 0. The zero-order valence-corrected chi connectivity index (χ0v) is 7.44. The van der Waals surface area contributed by atoms with Gasteiger partial charge in [0.05, 0.1) is 0 Å². The molecule has 0 aromatic rings. The Balaban J connectivity index is 0.00000121. The van der Waals surface area contributed by atoms with E-state index in [9.17, 15) is 4.79 Å². The SMILES string of the molecule is CCC(=O)C1CCCCCC1.[HH]. The van der Waals surface area contributed by atoms with Crippen molar-refractivity contribution in [1.82, 2.24) is 0 Å². The van der Waals surface area contributed by atoms with Crippen LogP contribution in [0.4, 0.5) is 0 Å². The molecule has 0 aromatic carbocycles. The minimum absolute atomic E-state index is 0. The summed E-state index contributed by atoms with van der Waals surface area (Å²) in [4.78, 5) is 11.3. The van der Waals surface area contributed by atoms with Gasteiger partial charge in [0.2, 0.25) is 0 Å². The second-order valence-electron chi connectivity index (χ2n) is 3.51. The summed E-state index contributed by atoms with van der Waals surface area (Å²) in [5.41, 5.74) is 0. The smallest absolute Gasteiger partial charge is 0.135 e. The number of carbonyl (C=O) groups excluding carboxylic acids is 1. The van der Waals surface area contributed by atoms with Gasteiger partial charge >= 0.3 is 0 Å². The molecule has 0 unspecified atom stereocenters. The van der Waals surface area contributed by atoms with Crippen LogP contribution in [0.2, 0.25) is 0 Å². The normalized spacial score (nSPS) is 21.2. The summed E-state index contributed by atoms with van der Waals surface area (Å²) in [5.74, 6) is 0.911. The first-order valence-corrected chi connectivity index (χ1v) is 4.87. The molecule has 1 heteroatoms. The van der Waals surface area contributed by atoms with Crippen LogP contribution in [0.1, 0.15) is 53.3 Å². The molecule has 1 aliphatic rings. The number of carbonyl (C=O) groups is 1. The number of hydrogen-bond donors (Lipinski definition) is 0. The molecule has 0 saturated heterocycles. The molecular weight excluding hydrogens is 136 g/mol. The van der Waals surface area contributed by atoms with Gasteiger partial charge in [-0.05, 0) is 12.8 Å². The molecule has 1 aliphatic carbocycles. The second-order valence-corrected chi connectivity index (χ2v) is 3.51. The highest BCUT2D eigenvalue weighted by molar-refractivity contribution is 5.80. The fourth-order valence-electron chi connectivity index (χ4n) is 1.89. The third-order valence-corrected chi connectivity index (χ3v) is 2.66. The van der Waals surface area contributed by atoms with Crippen LogP contribution < -0.4 is 0 Å². The van der Waals surface area contributed by atoms with Gasteiger partial charge in [0.15, 0.2) is 0 Å². The van der Waals surface area contributed by atoms with Gasteiger partial charge in [-0.3, -0.25) is 4.79 Å².